The van der Waals surface area contributed by atoms with Gasteiger partial charge in [0.05, 0.1) is 18.3 Å². The second-order valence-corrected chi connectivity index (χ2v) is 12.0. The number of allylic oxidation sites excluding steroid dienone is 1. The molecule has 3 rings (SSSR count). The average Bonchev–Trinajstić information content (AvgIpc) is 2.95. The average molecular weight is 469 g/mol. The Morgan fingerprint density at radius 3 is 1.73 bits per heavy atom. The lowest BCUT2D eigenvalue weighted by Gasteiger charge is -2.46. The maximum atomic E-state index is 13.6. The third kappa shape index (κ3) is 4.50. The van der Waals surface area contributed by atoms with Crippen LogP contribution in [0.25, 0.3) is 0 Å². The Balaban J connectivity index is 2.23. The zero-order valence-electron chi connectivity index (χ0n) is 21.1. The first-order chi connectivity index (χ1) is 15.5. The summed E-state index contributed by atoms with van der Waals surface area (Å²) in [5.74, 6) is 1.57. The van der Waals surface area contributed by atoms with Crippen molar-refractivity contribution in [1.29, 1.82) is 0 Å². The first-order valence-corrected chi connectivity index (χ1v) is 13.8. The van der Waals surface area contributed by atoms with Crippen molar-refractivity contribution in [2.24, 2.45) is 29.1 Å². The lowest BCUT2D eigenvalue weighted by Crippen LogP contribution is -2.46. The van der Waals surface area contributed by atoms with E-state index >= 15 is 0 Å². The van der Waals surface area contributed by atoms with E-state index < -0.39 is 16.1 Å². The summed E-state index contributed by atoms with van der Waals surface area (Å²) < 4.78 is 28.7. The van der Waals surface area contributed by atoms with E-state index in [1.165, 1.54) is 6.26 Å². The van der Waals surface area contributed by atoms with Gasteiger partial charge in [0.25, 0.3) is 0 Å². The zero-order valence-corrected chi connectivity index (χ0v) is 21.9. The summed E-state index contributed by atoms with van der Waals surface area (Å²) in [6.45, 7) is 15.8. The molecular formula is C28H40N2O2S. The molecule has 1 N–H and O–H groups in total. The minimum absolute atomic E-state index is 0.245. The van der Waals surface area contributed by atoms with E-state index in [4.69, 9.17) is 0 Å². The smallest absolute Gasteiger partial charge is 0.232 e. The molecule has 1 aliphatic rings. The van der Waals surface area contributed by atoms with E-state index in [0.29, 0.717) is 29.4 Å². The Labute approximate surface area is 201 Å². The van der Waals surface area contributed by atoms with Gasteiger partial charge in [-0.1, -0.05) is 102 Å². The van der Waals surface area contributed by atoms with Gasteiger partial charge in [-0.2, -0.15) is 0 Å². The third-order valence-electron chi connectivity index (χ3n) is 8.72. The van der Waals surface area contributed by atoms with Crippen LogP contribution < -0.4 is 5.32 Å². The Morgan fingerprint density at radius 2 is 1.33 bits per heavy atom. The summed E-state index contributed by atoms with van der Waals surface area (Å²) >= 11 is 0. The number of hydrogen-bond acceptors (Lipinski definition) is 3. The van der Waals surface area contributed by atoms with Gasteiger partial charge in [0.1, 0.15) is 0 Å². The highest BCUT2D eigenvalue weighted by Gasteiger charge is 2.55. The number of likely N-dealkylation sites (N-methyl/N-ethyl adjacent to an activating group) is 1. The number of sulfonamides is 1. The summed E-state index contributed by atoms with van der Waals surface area (Å²) in [7, 11) is -1.75. The minimum atomic E-state index is -3.64. The van der Waals surface area contributed by atoms with Crippen molar-refractivity contribution in [2.75, 3.05) is 13.3 Å². The fourth-order valence-electron chi connectivity index (χ4n) is 6.04. The Kier molecular flexibility index (Phi) is 7.45. The normalized spacial score (nSPS) is 29.4. The van der Waals surface area contributed by atoms with Gasteiger partial charge in [-0.25, -0.2) is 8.42 Å². The van der Waals surface area contributed by atoms with Gasteiger partial charge in [0.15, 0.2) is 0 Å². The van der Waals surface area contributed by atoms with Crippen LogP contribution in [0.4, 0.5) is 0 Å². The molecule has 0 saturated heterocycles. The summed E-state index contributed by atoms with van der Waals surface area (Å²) in [4.78, 5) is 0. The molecule has 0 bridgehead atoms. The molecule has 0 aliphatic heterocycles. The summed E-state index contributed by atoms with van der Waals surface area (Å²) in [5, 5.41) is 3.42. The SMILES string of the molecule is C=C(N([C@@H](c1ccccc1)[C@@H](NC)c1ccccc1)S(C)(=O)=O)C1(C)[C@H](C)C(C)C(C)[C@@H]1C. The number of nitrogens with one attached hydrogen (secondary N) is 1. The van der Waals surface area contributed by atoms with Crippen LogP contribution in [-0.2, 0) is 10.0 Å². The summed E-state index contributed by atoms with van der Waals surface area (Å²) in [6.07, 6.45) is 1.31. The minimum Gasteiger partial charge on any atom is -0.311 e. The molecule has 0 aromatic heterocycles. The van der Waals surface area contributed by atoms with Crippen LogP contribution in [-0.4, -0.2) is 26.0 Å². The van der Waals surface area contributed by atoms with E-state index in [1.54, 1.807) is 4.31 Å². The van der Waals surface area contributed by atoms with Crippen LogP contribution in [0.15, 0.2) is 72.9 Å². The van der Waals surface area contributed by atoms with Gasteiger partial charge in [-0.15, -0.1) is 0 Å². The van der Waals surface area contributed by atoms with Gasteiger partial charge in [0.2, 0.25) is 10.0 Å². The third-order valence-corrected chi connectivity index (χ3v) is 9.88. The van der Waals surface area contributed by atoms with E-state index in [0.717, 1.165) is 11.1 Å². The number of hydrogen-bond donors (Lipinski definition) is 1. The molecule has 5 heteroatoms. The predicted octanol–water partition coefficient (Wildman–Crippen LogP) is 6.03. The summed E-state index contributed by atoms with van der Waals surface area (Å²) in [6, 6.07) is 19.3. The molecule has 3 unspecified atom stereocenters. The van der Waals surface area contributed by atoms with E-state index in [1.807, 2.05) is 67.7 Å². The van der Waals surface area contributed by atoms with Crippen molar-refractivity contribution < 1.29 is 8.42 Å². The number of rotatable bonds is 8. The highest BCUT2D eigenvalue weighted by atomic mass is 32.2. The molecular weight excluding hydrogens is 428 g/mol. The highest BCUT2D eigenvalue weighted by molar-refractivity contribution is 7.88. The van der Waals surface area contributed by atoms with Gasteiger partial charge in [-0.05, 0) is 41.8 Å². The standard InChI is InChI=1S/C28H40N2O2S/c1-19-20(2)22(4)28(6,21(19)3)23(5)30(33(8,31)32)27(25-17-13-10-14-18-25)26(29-7)24-15-11-9-12-16-24/h9-22,26-27,29H,5H2,1-4,6-8H3/t19?,20?,21-,22+,26-,27-,28?/m0/s1. The molecule has 0 spiro atoms. The molecule has 2 aromatic carbocycles. The quantitative estimate of drug-likeness (QED) is 0.515. The Hall–Kier alpha value is -2.11. The molecule has 1 aliphatic carbocycles. The van der Waals surface area contributed by atoms with Crippen molar-refractivity contribution in [3.8, 4) is 0 Å². The fourth-order valence-corrected chi connectivity index (χ4v) is 7.29. The Morgan fingerprint density at radius 1 is 0.909 bits per heavy atom. The van der Waals surface area contributed by atoms with Gasteiger partial charge in [-0.3, -0.25) is 4.31 Å². The maximum Gasteiger partial charge on any atom is 0.232 e. The molecule has 0 heterocycles. The molecule has 1 saturated carbocycles. The number of benzene rings is 2. The van der Waals surface area contributed by atoms with E-state index in [2.05, 4.69) is 46.5 Å². The first kappa shape index (κ1) is 25.5. The lowest BCUT2D eigenvalue weighted by atomic mass is 9.71. The molecule has 7 atom stereocenters. The fraction of sp³-hybridized carbons (Fsp3) is 0.500. The molecule has 0 radical (unpaired) electrons. The van der Waals surface area contributed by atoms with E-state index in [9.17, 15) is 8.42 Å². The molecule has 2 aromatic rings. The monoisotopic (exact) mass is 468 g/mol. The van der Waals surface area contributed by atoms with Gasteiger partial charge >= 0.3 is 0 Å². The summed E-state index contributed by atoms with van der Waals surface area (Å²) in [5.41, 5.74) is 2.32. The second kappa shape index (κ2) is 9.63. The van der Waals surface area contributed by atoms with E-state index in [-0.39, 0.29) is 11.5 Å². The molecule has 0 amide bonds. The van der Waals surface area contributed by atoms with Crippen LogP contribution in [0.2, 0.25) is 0 Å². The van der Waals surface area contributed by atoms with Crippen LogP contribution >= 0.6 is 0 Å². The maximum absolute atomic E-state index is 13.6. The largest absolute Gasteiger partial charge is 0.311 e. The molecule has 33 heavy (non-hydrogen) atoms. The number of nitrogens with zero attached hydrogens (tertiary/aromatic N) is 1. The van der Waals surface area contributed by atoms with Crippen molar-refractivity contribution >= 4 is 10.0 Å². The molecule has 1 fully saturated rings. The van der Waals surface area contributed by atoms with Crippen molar-refractivity contribution in [2.45, 2.75) is 46.7 Å². The molecule has 180 valence electrons. The zero-order chi connectivity index (χ0) is 24.6. The Bertz CT molecular complexity index is 1040. The van der Waals surface area contributed by atoms with Crippen molar-refractivity contribution in [3.63, 3.8) is 0 Å². The van der Waals surface area contributed by atoms with Crippen molar-refractivity contribution in [1.82, 2.24) is 9.62 Å². The molecule has 4 nitrogen and oxygen atoms in total. The second-order valence-electron chi connectivity index (χ2n) is 10.1. The highest BCUT2D eigenvalue weighted by Crippen LogP contribution is 2.59. The first-order valence-electron chi connectivity index (χ1n) is 11.9. The van der Waals surface area contributed by atoms with Crippen molar-refractivity contribution in [3.05, 3.63) is 84.1 Å². The van der Waals surface area contributed by atoms with Crippen LogP contribution in [0.1, 0.15) is 57.8 Å². The predicted molar refractivity (Wildman–Crippen MR) is 138 cm³/mol. The van der Waals surface area contributed by atoms with Gasteiger partial charge in [0, 0.05) is 11.1 Å². The van der Waals surface area contributed by atoms with Crippen LogP contribution in [0.3, 0.4) is 0 Å². The van der Waals surface area contributed by atoms with Crippen LogP contribution in [0.5, 0.6) is 0 Å². The lowest BCUT2D eigenvalue weighted by molar-refractivity contribution is 0.157. The topological polar surface area (TPSA) is 49.4 Å². The van der Waals surface area contributed by atoms with Crippen LogP contribution in [0, 0.1) is 29.1 Å². The van der Waals surface area contributed by atoms with Gasteiger partial charge < -0.3 is 5.32 Å².